The zero-order chi connectivity index (χ0) is 20.0. The lowest BCUT2D eigenvalue weighted by atomic mass is 9.89. The first-order valence-electron chi connectivity index (χ1n) is 8.69. The van der Waals surface area contributed by atoms with Crippen molar-refractivity contribution in [2.75, 3.05) is 14.2 Å². The molecule has 5 nitrogen and oxygen atoms in total. The SMILES string of the molecule is CO/C(=N\S(=O)C(C)(C)C)[C@H](c1ccccc1)[C@H](O)c1cccc(OC)c1. The number of rotatable bonds is 6. The molecule has 27 heavy (non-hydrogen) atoms. The minimum atomic E-state index is -1.51. The summed E-state index contributed by atoms with van der Waals surface area (Å²) in [6, 6.07) is 16.7. The maximum atomic E-state index is 12.6. The molecular formula is C21H27NO4S. The normalized spacial score (nSPS) is 15.7. The molecule has 6 heteroatoms. The Labute approximate surface area is 163 Å². The quantitative estimate of drug-likeness (QED) is 0.598. The van der Waals surface area contributed by atoms with Crippen molar-refractivity contribution in [3.05, 3.63) is 65.7 Å². The van der Waals surface area contributed by atoms with Crippen LogP contribution in [0.3, 0.4) is 0 Å². The zero-order valence-corrected chi connectivity index (χ0v) is 17.2. The van der Waals surface area contributed by atoms with Gasteiger partial charge in [-0.3, -0.25) is 0 Å². The van der Waals surface area contributed by atoms with Crippen molar-refractivity contribution in [3.63, 3.8) is 0 Å². The molecule has 2 aromatic carbocycles. The molecule has 0 aliphatic heterocycles. The second kappa shape index (κ2) is 9.15. The summed E-state index contributed by atoms with van der Waals surface area (Å²) in [5.41, 5.74) is 1.48. The van der Waals surface area contributed by atoms with E-state index in [2.05, 4.69) is 4.40 Å². The molecule has 0 aromatic heterocycles. The fourth-order valence-electron chi connectivity index (χ4n) is 2.58. The molecule has 0 amide bonds. The van der Waals surface area contributed by atoms with Crippen LogP contribution in [0.15, 0.2) is 59.0 Å². The number of hydrogen-bond donors (Lipinski definition) is 1. The lowest BCUT2D eigenvalue weighted by Gasteiger charge is -2.25. The molecule has 0 fully saturated rings. The Balaban J connectivity index is 2.53. The maximum Gasteiger partial charge on any atom is 0.207 e. The average molecular weight is 390 g/mol. The van der Waals surface area contributed by atoms with E-state index in [0.717, 1.165) is 5.56 Å². The number of benzene rings is 2. The molecule has 0 spiro atoms. The molecule has 2 aromatic rings. The lowest BCUT2D eigenvalue weighted by molar-refractivity contribution is 0.157. The smallest absolute Gasteiger partial charge is 0.207 e. The van der Waals surface area contributed by atoms with Crippen molar-refractivity contribution >= 4 is 16.9 Å². The molecule has 0 saturated heterocycles. The lowest BCUT2D eigenvalue weighted by Crippen LogP contribution is -2.26. The highest BCUT2D eigenvalue weighted by atomic mass is 32.2. The van der Waals surface area contributed by atoms with E-state index in [1.165, 1.54) is 7.11 Å². The zero-order valence-electron chi connectivity index (χ0n) is 16.4. The molecule has 0 radical (unpaired) electrons. The third kappa shape index (κ3) is 5.40. The van der Waals surface area contributed by atoms with E-state index in [1.807, 2.05) is 69.3 Å². The van der Waals surface area contributed by atoms with Crippen molar-refractivity contribution < 1.29 is 18.8 Å². The van der Waals surface area contributed by atoms with Gasteiger partial charge in [-0.15, -0.1) is 0 Å². The van der Waals surface area contributed by atoms with E-state index < -0.39 is 27.8 Å². The predicted octanol–water partition coefficient (Wildman–Crippen LogP) is 4.02. The molecule has 2 rings (SSSR count). The van der Waals surface area contributed by atoms with Crippen molar-refractivity contribution in [2.45, 2.75) is 37.5 Å². The minimum Gasteiger partial charge on any atom is -0.497 e. The van der Waals surface area contributed by atoms with Gasteiger partial charge in [0.15, 0.2) is 0 Å². The van der Waals surface area contributed by atoms with E-state index in [0.29, 0.717) is 11.3 Å². The number of aliphatic hydroxyl groups excluding tert-OH is 1. The van der Waals surface area contributed by atoms with Crippen LogP contribution in [-0.2, 0) is 15.7 Å². The summed E-state index contributed by atoms with van der Waals surface area (Å²) in [4.78, 5) is 0. The monoisotopic (exact) mass is 389 g/mol. The van der Waals surface area contributed by atoms with Crippen molar-refractivity contribution in [1.82, 2.24) is 0 Å². The summed E-state index contributed by atoms with van der Waals surface area (Å²) < 4.78 is 27.1. The number of methoxy groups -OCH3 is 2. The molecule has 0 aliphatic rings. The van der Waals surface area contributed by atoms with E-state index in [1.54, 1.807) is 13.2 Å². The summed E-state index contributed by atoms with van der Waals surface area (Å²) in [6.45, 7) is 5.53. The molecule has 1 N–H and O–H groups in total. The van der Waals surface area contributed by atoms with Crippen LogP contribution in [0.1, 0.15) is 43.9 Å². The first-order valence-corrected chi connectivity index (χ1v) is 9.80. The van der Waals surface area contributed by atoms with Gasteiger partial charge in [-0.25, -0.2) is 4.21 Å². The van der Waals surface area contributed by atoms with Crippen LogP contribution in [0.5, 0.6) is 5.75 Å². The molecule has 0 heterocycles. The van der Waals surface area contributed by atoms with Gasteiger partial charge in [0, 0.05) is 0 Å². The first-order chi connectivity index (χ1) is 12.8. The summed E-state index contributed by atoms with van der Waals surface area (Å²) in [5, 5.41) is 11.2. The van der Waals surface area contributed by atoms with E-state index in [4.69, 9.17) is 9.47 Å². The Bertz CT molecular complexity index is 799. The molecule has 146 valence electrons. The Kier molecular flexibility index (Phi) is 7.16. The van der Waals surface area contributed by atoms with Crippen LogP contribution in [0, 0.1) is 0 Å². The first kappa shape index (κ1) is 21.1. The van der Waals surface area contributed by atoms with Gasteiger partial charge in [-0.05, 0) is 44.0 Å². The average Bonchev–Trinajstić information content (AvgIpc) is 2.67. The molecular weight excluding hydrogens is 362 g/mol. The number of nitrogens with zero attached hydrogens (tertiary/aromatic N) is 1. The summed E-state index contributed by atoms with van der Waals surface area (Å²) in [6.07, 6.45) is -0.946. The molecule has 0 aliphatic carbocycles. The second-order valence-electron chi connectivity index (χ2n) is 7.10. The topological polar surface area (TPSA) is 68.1 Å². The van der Waals surface area contributed by atoms with Crippen molar-refractivity contribution in [1.29, 1.82) is 0 Å². The molecule has 1 unspecified atom stereocenters. The van der Waals surface area contributed by atoms with Gasteiger partial charge in [0.05, 0.1) is 31.0 Å². The fourth-order valence-corrected chi connectivity index (χ4v) is 3.20. The summed E-state index contributed by atoms with van der Waals surface area (Å²) in [7, 11) is 1.54. The van der Waals surface area contributed by atoms with Crippen LogP contribution in [0.4, 0.5) is 0 Å². The maximum absolute atomic E-state index is 12.6. The number of aliphatic hydroxyl groups is 1. The Morgan fingerprint density at radius 2 is 1.67 bits per heavy atom. The van der Waals surface area contributed by atoms with Crippen LogP contribution < -0.4 is 4.74 Å². The number of ether oxygens (including phenoxy) is 2. The minimum absolute atomic E-state index is 0.227. The highest BCUT2D eigenvalue weighted by Crippen LogP contribution is 2.34. The van der Waals surface area contributed by atoms with Crippen LogP contribution in [-0.4, -0.2) is 34.2 Å². The summed E-state index contributed by atoms with van der Waals surface area (Å²) in [5.74, 6) is 0.270. The molecule has 0 bridgehead atoms. The highest BCUT2D eigenvalue weighted by molar-refractivity contribution is 7.85. The van der Waals surface area contributed by atoms with Gasteiger partial charge in [0.25, 0.3) is 0 Å². The van der Waals surface area contributed by atoms with E-state index in [-0.39, 0.29) is 5.90 Å². The molecule has 3 atom stereocenters. The third-order valence-electron chi connectivity index (χ3n) is 4.08. The largest absolute Gasteiger partial charge is 0.497 e. The Morgan fingerprint density at radius 1 is 1.04 bits per heavy atom. The van der Waals surface area contributed by atoms with Crippen molar-refractivity contribution in [3.8, 4) is 5.75 Å². The summed E-state index contributed by atoms with van der Waals surface area (Å²) >= 11 is 0. The van der Waals surface area contributed by atoms with Gasteiger partial charge in [0.2, 0.25) is 5.90 Å². The van der Waals surface area contributed by atoms with Crippen LogP contribution >= 0.6 is 0 Å². The fraction of sp³-hybridized carbons (Fsp3) is 0.381. The second-order valence-corrected chi connectivity index (χ2v) is 9.01. The van der Waals surface area contributed by atoms with Crippen molar-refractivity contribution in [2.24, 2.45) is 4.40 Å². The molecule has 0 saturated carbocycles. The van der Waals surface area contributed by atoms with Gasteiger partial charge < -0.3 is 14.6 Å². The Morgan fingerprint density at radius 3 is 2.22 bits per heavy atom. The number of hydrogen-bond acceptors (Lipinski definition) is 4. The van der Waals surface area contributed by atoms with Crippen LogP contribution in [0.2, 0.25) is 0 Å². The van der Waals surface area contributed by atoms with E-state index in [9.17, 15) is 9.32 Å². The van der Waals surface area contributed by atoms with Gasteiger partial charge in [0.1, 0.15) is 16.7 Å². The highest BCUT2D eigenvalue weighted by Gasteiger charge is 2.31. The van der Waals surface area contributed by atoms with Gasteiger partial charge in [-0.2, -0.15) is 4.40 Å². The van der Waals surface area contributed by atoms with Crippen LogP contribution in [0.25, 0.3) is 0 Å². The van der Waals surface area contributed by atoms with E-state index >= 15 is 0 Å². The standard InChI is InChI=1S/C21H27NO4S/c1-21(2,3)27(24)22-20(26-5)18(15-10-7-6-8-11-15)19(23)16-12-9-13-17(14-16)25-4/h6-14,18-19,23H,1-5H3/b22-20-/t18-,19-,27?/m1/s1. The third-order valence-corrected chi connectivity index (χ3v) is 5.48. The Hall–Kier alpha value is -2.18. The van der Waals surface area contributed by atoms with Gasteiger partial charge >= 0.3 is 0 Å². The van der Waals surface area contributed by atoms with Gasteiger partial charge in [-0.1, -0.05) is 42.5 Å². The predicted molar refractivity (Wildman–Crippen MR) is 109 cm³/mol.